The number of rotatable bonds is 7. The molecule has 0 radical (unpaired) electrons. The highest BCUT2D eigenvalue weighted by Gasteiger charge is 2.38. The number of carbonyl (C=O) groups excluding carboxylic acids is 1. The lowest BCUT2D eigenvalue weighted by Crippen LogP contribution is -2.45. The number of hydrogen-bond acceptors (Lipinski definition) is 7. The van der Waals surface area contributed by atoms with Crippen LogP contribution in [0.15, 0.2) is 48.0 Å². The van der Waals surface area contributed by atoms with Gasteiger partial charge < -0.3 is 14.2 Å². The Morgan fingerprint density at radius 1 is 1.27 bits per heavy atom. The zero-order valence-electron chi connectivity index (χ0n) is 26.8. The van der Waals surface area contributed by atoms with E-state index in [1.807, 2.05) is 14.0 Å². The summed E-state index contributed by atoms with van der Waals surface area (Å²) < 4.78 is 53.4. The van der Waals surface area contributed by atoms with Gasteiger partial charge in [-0.15, -0.1) is 0 Å². The van der Waals surface area contributed by atoms with Gasteiger partial charge in [-0.1, -0.05) is 24.2 Å². The molecule has 0 spiro atoms. The van der Waals surface area contributed by atoms with E-state index in [1.165, 1.54) is 24.5 Å². The Labute approximate surface area is 280 Å². The number of fused-ring (bicyclic) bond motifs is 3. The Morgan fingerprint density at radius 3 is 2.71 bits per heavy atom. The van der Waals surface area contributed by atoms with Crippen molar-refractivity contribution in [1.29, 1.82) is 5.26 Å². The Kier molecular flexibility index (Phi) is 9.00. The van der Waals surface area contributed by atoms with Crippen LogP contribution < -0.4 is 10.3 Å². The Hall–Kier alpha value is -4.41. The van der Waals surface area contributed by atoms with Crippen LogP contribution in [0.5, 0.6) is 5.88 Å². The van der Waals surface area contributed by atoms with Gasteiger partial charge in [-0.05, 0) is 83.0 Å². The molecule has 48 heavy (non-hydrogen) atoms. The molecular formula is C34H35ClF3N7O3. The van der Waals surface area contributed by atoms with Crippen molar-refractivity contribution in [3.63, 3.8) is 0 Å². The lowest BCUT2D eigenvalue weighted by Gasteiger charge is -2.38. The number of hydrogen-bond donors (Lipinski definition) is 0. The summed E-state index contributed by atoms with van der Waals surface area (Å²) in [4.78, 5) is 39.9. The first kappa shape index (κ1) is 33.5. The monoisotopic (exact) mass is 681 g/mol. The minimum absolute atomic E-state index is 0.0147. The molecule has 252 valence electrons. The zero-order chi connectivity index (χ0) is 34.5. The summed E-state index contributed by atoms with van der Waals surface area (Å²) in [5.74, 6) is -0.254. The van der Waals surface area contributed by atoms with Gasteiger partial charge in [0.2, 0.25) is 11.8 Å². The summed E-state index contributed by atoms with van der Waals surface area (Å²) in [5.41, 5.74) is -1.61. The third-order valence-corrected chi connectivity index (χ3v) is 10.1. The van der Waals surface area contributed by atoms with Gasteiger partial charge in [0.15, 0.2) is 5.52 Å². The lowest BCUT2D eigenvalue weighted by molar-refractivity contribution is -0.142. The number of halogens is 4. The molecule has 2 aliphatic heterocycles. The van der Waals surface area contributed by atoms with Crippen LogP contribution in [-0.4, -0.2) is 73.1 Å². The first-order chi connectivity index (χ1) is 22.8. The maximum absolute atomic E-state index is 14.9. The summed E-state index contributed by atoms with van der Waals surface area (Å²) in [6.07, 6.45) is 0.145. The molecule has 5 heterocycles. The van der Waals surface area contributed by atoms with E-state index in [9.17, 15) is 28.0 Å². The van der Waals surface area contributed by atoms with E-state index in [1.54, 1.807) is 22.5 Å². The number of benzene rings is 1. The van der Waals surface area contributed by atoms with Crippen LogP contribution in [-0.2, 0) is 11.0 Å². The first-order valence-corrected chi connectivity index (χ1v) is 16.2. The minimum atomic E-state index is -4.93. The van der Waals surface area contributed by atoms with E-state index in [-0.39, 0.29) is 69.0 Å². The van der Waals surface area contributed by atoms with Crippen LogP contribution in [0, 0.1) is 18.3 Å². The predicted octanol–water partition coefficient (Wildman–Crippen LogP) is 6.21. The molecule has 1 aromatic carbocycles. The molecular weight excluding hydrogens is 647 g/mol. The number of nitrogens with zero attached hydrogens (tertiary/aromatic N) is 7. The third-order valence-electron chi connectivity index (χ3n) is 9.70. The number of piperidine rings is 1. The Balaban J connectivity index is 1.61. The second-order valence-corrected chi connectivity index (χ2v) is 12.9. The fourth-order valence-electron chi connectivity index (χ4n) is 7.25. The molecule has 14 heteroatoms. The van der Waals surface area contributed by atoms with Gasteiger partial charge in [-0.2, -0.15) is 18.4 Å². The van der Waals surface area contributed by atoms with Crippen molar-refractivity contribution in [3.05, 3.63) is 69.9 Å². The van der Waals surface area contributed by atoms with Gasteiger partial charge in [0.05, 0.1) is 30.0 Å². The number of amides is 1. The van der Waals surface area contributed by atoms with Crippen molar-refractivity contribution >= 4 is 39.4 Å². The highest BCUT2D eigenvalue weighted by atomic mass is 35.5. The molecule has 2 fully saturated rings. The fraction of sp³-hybridized carbons (Fsp3) is 0.441. The normalized spacial score (nSPS) is 21.0. The van der Waals surface area contributed by atoms with Crippen molar-refractivity contribution in [2.24, 2.45) is 0 Å². The average molecular weight is 682 g/mol. The van der Waals surface area contributed by atoms with Crippen molar-refractivity contribution in [2.45, 2.75) is 76.4 Å². The maximum Gasteiger partial charge on any atom is 0.431 e. The predicted molar refractivity (Wildman–Crippen MR) is 175 cm³/mol. The second kappa shape index (κ2) is 12.9. The molecule has 6 rings (SSSR count). The van der Waals surface area contributed by atoms with E-state index < -0.39 is 23.5 Å². The van der Waals surface area contributed by atoms with Crippen LogP contribution in [0.2, 0.25) is 5.02 Å². The van der Waals surface area contributed by atoms with E-state index >= 15 is 0 Å². The van der Waals surface area contributed by atoms with Gasteiger partial charge >= 0.3 is 6.18 Å². The van der Waals surface area contributed by atoms with E-state index in [0.29, 0.717) is 29.5 Å². The van der Waals surface area contributed by atoms with E-state index in [0.717, 1.165) is 25.5 Å². The number of imidazole rings is 1. The van der Waals surface area contributed by atoms with Crippen LogP contribution in [0.3, 0.4) is 0 Å². The fourth-order valence-corrected chi connectivity index (χ4v) is 7.41. The lowest BCUT2D eigenvalue weighted by atomic mass is 9.94. The molecule has 10 nitrogen and oxygen atoms in total. The molecule has 1 amide bonds. The molecule has 0 aliphatic carbocycles. The Bertz CT molecular complexity index is 2020. The smallest absolute Gasteiger partial charge is 0.431 e. The van der Waals surface area contributed by atoms with Crippen molar-refractivity contribution in [2.75, 3.05) is 20.1 Å². The van der Waals surface area contributed by atoms with Crippen LogP contribution in [0.25, 0.3) is 27.6 Å². The molecule has 2 saturated heterocycles. The van der Waals surface area contributed by atoms with Gasteiger partial charge in [0.1, 0.15) is 17.3 Å². The summed E-state index contributed by atoms with van der Waals surface area (Å²) in [7, 11) is 2.00. The second-order valence-electron chi connectivity index (χ2n) is 12.5. The minimum Gasteiger partial charge on any atom is -0.471 e. The quantitative estimate of drug-likeness (QED) is 0.214. The summed E-state index contributed by atoms with van der Waals surface area (Å²) in [6, 6.07) is 6.77. The van der Waals surface area contributed by atoms with Crippen molar-refractivity contribution in [1.82, 2.24) is 28.9 Å². The average Bonchev–Trinajstić information content (AvgIpc) is 3.69. The third kappa shape index (κ3) is 5.81. The Morgan fingerprint density at radius 2 is 2.04 bits per heavy atom. The van der Waals surface area contributed by atoms with E-state index in [4.69, 9.17) is 16.3 Å². The highest BCUT2D eigenvalue weighted by Crippen LogP contribution is 2.39. The molecule has 2 aliphatic rings. The van der Waals surface area contributed by atoms with Crippen molar-refractivity contribution < 1.29 is 22.7 Å². The van der Waals surface area contributed by atoms with Crippen LogP contribution in [0.1, 0.15) is 56.3 Å². The number of pyridine rings is 2. The topological polar surface area (TPSA) is 109 Å². The number of ether oxygens (including phenoxy) is 1. The van der Waals surface area contributed by atoms with Crippen LogP contribution >= 0.6 is 11.6 Å². The number of likely N-dealkylation sites (tertiary alicyclic amines) is 2. The summed E-state index contributed by atoms with van der Waals surface area (Å²) >= 11 is 6.30. The van der Waals surface area contributed by atoms with Gasteiger partial charge in [-0.3, -0.25) is 19.1 Å². The number of nitriles is 1. The maximum atomic E-state index is 14.9. The van der Waals surface area contributed by atoms with Gasteiger partial charge in [0.25, 0.3) is 5.56 Å². The molecule has 4 aromatic rings. The number of alkyl halides is 3. The summed E-state index contributed by atoms with van der Waals surface area (Å²) in [5, 5.41) is 9.71. The van der Waals surface area contributed by atoms with Crippen molar-refractivity contribution in [3.8, 4) is 17.6 Å². The largest absolute Gasteiger partial charge is 0.471 e. The number of likely N-dealkylation sites (N-methyl/N-ethyl adjacent to an activating group) is 1. The number of aromatic nitrogens is 4. The standard InChI is InChI=1S/C34H35ClF3N7O3/c1-5-28(46)43-15-12-22(16-21(43)11-13-39)44-18-40-30-31(44)23-17-27(34(36,37)38)45(25-9-6-8-24(35)19(25)2)33(47)29(23)41-32(30)48-20(3)26-10-7-14-42(26)4/h5-6,8-9,17-18,20-22,26H,1,7,10-12,14-16H2,2-4H3/t20-,21+,22-,26-/m0/s1. The highest BCUT2D eigenvalue weighted by molar-refractivity contribution is 6.31. The first-order valence-electron chi connectivity index (χ1n) is 15.8. The zero-order valence-corrected chi connectivity index (χ0v) is 27.6. The van der Waals surface area contributed by atoms with E-state index in [2.05, 4.69) is 27.5 Å². The SMILES string of the molecule is C=CC(=O)N1CC[C@H](n2cnc3c(O[C@@H](C)[C@@H]4CCCN4C)nc4c(=O)n(-c5cccc(Cl)c5C)c(C(F)(F)F)cc4c32)C[C@H]1CC#N. The van der Waals surface area contributed by atoms with Gasteiger partial charge in [-0.25, -0.2) is 9.97 Å². The molecule has 3 aromatic heterocycles. The summed E-state index contributed by atoms with van der Waals surface area (Å²) in [6.45, 7) is 8.22. The number of carbonyl (C=O) groups is 1. The molecule has 0 N–H and O–H groups in total. The van der Waals surface area contributed by atoms with Crippen LogP contribution in [0.4, 0.5) is 13.2 Å². The molecule has 0 saturated carbocycles. The molecule has 0 unspecified atom stereocenters. The molecule has 0 bridgehead atoms. The van der Waals surface area contributed by atoms with Gasteiger partial charge in [0, 0.05) is 35.1 Å². The molecule has 4 atom stereocenters.